The fraction of sp³-hybridized carbons (Fsp3) is 0.533. The van der Waals surface area contributed by atoms with Crippen LogP contribution >= 0.6 is 24.0 Å². The zero-order chi connectivity index (χ0) is 18.3. The van der Waals surface area contributed by atoms with Gasteiger partial charge in [-0.25, -0.2) is 13.1 Å². The van der Waals surface area contributed by atoms with Crippen molar-refractivity contribution < 1.29 is 13.3 Å². The van der Waals surface area contributed by atoms with E-state index in [0.29, 0.717) is 18.4 Å². The first-order valence-electron chi connectivity index (χ1n) is 8.18. The number of nitro groups is 1. The average molecular weight is 497 g/mol. The molecule has 2 rings (SSSR count). The first-order chi connectivity index (χ1) is 11.9. The van der Waals surface area contributed by atoms with Crippen molar-refractivity contribution in [2.24, 2.45) is 10.9 Å². The molecule has 0 aliphatic heterocycles. The molecule has 9 nitrogen and oxygen atoms in total. The van der Waals surface area contributed by atoms with E-state index < -0.39 is 14.9 Å². The molecule has 0 bridgehead atoms. The molecular weight excluding hydrogens is 473 g/mol. The zero-order valence-corrected chi connectivity index (χ0v) is 17.6. The Bertz CT molecular complexity index is 737. The van der Waals surface area contributed by atoms with Crippen LogP contribution in [0.15, 0.2) is 34.2 Å². The van der Waals surface area contributed by atoms with Crippen molar-refractivity contribution in [2.45, 2.75) is 24.7 Å². The van der Waals surface area contributed by atoms with Crippen LogP contribution < -0.4 is 15.4 Å². The third-order valence-electron chi connectivity index (χ3n) is 3.60. The predicted molar refractivity (Wildman–Crippen MR) is 110 cm³/mol. The molecule has 1 fully saturated rings. The topological polar surface area (TPSA) is 126 Å². The van der Waals surface area contributed by atoms with E-state index in [1.165, 1.54) is 31.0 Å². The van der Waals surface area contributed by atoms with E-state index in [1.807, 2.05) is 6.92 Å². The van der Waals surface area contributed by atoms with Gasteiger partial charge in [0, 0.05) is 38.3 Å². The van der Waals surface area contributed by atoms with Crippen LogP contribution in [0.5, 0.6) is 0 Å². The highest BCUT2D eigenvalue weighted by atomic mass is 127. The first-order valence-corrected chi connectivity index (χ1v) is 9.67. The average Bonchev–Trinajstić information content (AvgIpc) is 3.41. The number of non-ortho nitro benzene ring substituents is 1. The molecule has 0 atom stereocenters. The fourth-order valence-electron chi connectivity index (χ4n) is 2.08. The van der Waals surface area contributed by atoms with Gasteiger partial charge in [0.15, 0.2) is 5.96 Å². The zero-order valence-electron chi connectivity index (χ0n) is 14.5. The van der Waals surface area contributed by atoms with Crippen molar-refractivity contribution in [3.63, 3.8) is 0 Å². The Kier molecular flexibility index (Phi) is 9.22. The number of guanidine groups is 1. The lowest BCUT2D eigenvalue weighted by Crippen LogP contribution is -2.41. The summed E-state index contributed by atoms with van der Waals surface area (Å²) in [5, 5.41) is 16.9. The lowest BCUT2D eigenvalue weighted by Gasteiger charge is -2.12. The highest BCUT2D eigenvalue weighted by molar-refractivity contribution is 14.0. The number of rotatable bonds is 9. The summed E-state index contributed by atoms with van der Waals surface area (Å²) in [6.45, 7) is 3.94. The van der Waals surface area contributed by atoms with E-state index in [4.69, 9.17) is 0 Å². The van der Waals surface area contributed by atoms with Crippen molar-refractivity contribution in [3.8, 4) is 0 Å². The number of sulfonamides is 1. The molecule has 0 spiro atoms. The molecule has 26 heavy (non-hydrogen) atoms. The minimum absolute atomic E-state index is 0. The molecule has 1 aliphatic carbocycles. The van der Waals surface area contributed by atoms with Crippen LogP contribution in [0.25, 0.3) is 0 Å². The van der Waals surface area contributed by atoms with Crippen LogP contribution in [0.2, 0.25) is 0 Å². The maximum atomic E-state index is 12.2. The van der Waals surface area contributed by atoms with E-state index in [9.17, 15) is 18.5 Å². The highest BCUT2D eigenvalue weighted by Gasteiger charge is 2.20. The highest BCUT2D eigenvalue weighted by Crippen LogP contribution is 2.28. The Morgan fingerprint density at radius 3 is 2.65 bits per heavy atom. The van der Waals surface area contributed by atoms with Crippen molar-refractivity contribution in [1.29, 1.82) is 0 Å². The van der Waals surface area contributed by atoms with Crippen LogP contribution in [0.4, 0.5) is 5.69 Å². The standard InChI is InChI=1S/C15H23N5O4S.HI/c1-2-16-15(18-11-12-6-7-12)17-8-9-19-25(23,24)14-5-3-4-13(10-14)20(21)22;/h3-5,10,12,19H,2,6-9,11H2,1H3,(H2,16,17,18);1H. The van der Waals surface area contributed by atoms with Crippen LogP contribution in [-0.4, -0.2) is 45.5 Å². The van der Waals surface area contributed by atoms with E-state index in [2.05, 4.69) is 20.3 Å². The number of hydrogen-bond donors (Lipinski definition) is 3. The molecule has 0 radical (unpaired) electrons. The largest absolute Gasteiger partial charge is 0.357 e. The number of nitro benzene ring substituents is 1. The quantitative estimate of drug-likeness (QED) is 0.119. The molecule has 0 heterocycles. The summed E-state index contributed by atoms with van der Waals surface area (Å²) in [5.41, 5.74) is -0.261. The number of aliphatic imine (C=N–C) groups is 1. The van der Waals surface area contributed by atoms with Gasteiger partial charge < -0.3 is 10.6 Å². The molecule has 0 unspecified atom stereocenters. The van der Waals surface area contributed by atoms with Gasteiger partial charge in [0.25, 0.3) is 5.69 Å². The number of benzene rings is 1. The van der Waals surface area contributed by atoms with E-state index in [1.54, 1.807) is 0 Å². The number of halogens is 1. The molecule has 146 valence electrons. The first kappa shape index (κ1) is 22.6. The number of nitrogens with zero attached hydrogens (tertiary/aromatic N) is 2. The molecule has 0 saturated heterocycles. The van der Waals surface area contributed by atoms with E-state index in [0.717, 1.165) is 19.2 Å². The second-order valence-electron chi connectivity index (χ2n) is 5.74. The van der Waals surface area contributed by atoms with Crippen LogP contribution in [0, 0.1) is 16.0 Å². The SMILES string of the molecule is CCNC(=NCC1CC1)NCCNS(=O)(=O)c1cccc([N+](=O)[O-])c1.I. The third kappa shape index (κ3) is 7.41. The summed E-state index contributed by atoms with van der Waals surface area (Å²) < 4.78 is 26.8. The monoisotopic (exact) mass is 497 g/mol. The van der Waals surface area contributed by atoms with Crippen LogP contribution in [-0.2, 0) is 10.0 Å². The van der Waals surface area contributed by atoms with Gasteiger partial charge in [0.05, 0.1) is 9.82 Å². The summed E-state index contributed by atoms with van der Waals surface area (Å²) in [7, 11) is -3.80. The third-order valence-corrected chi connectivity index (χ3v) is 5.06. The molecule has 0 aromatic heterocycles. The summed E-state index contributed by atoms with van der Waals surface area (Å²) in [4.78, 5) is 14.4. The van der Waals surface area contributed by atoms with Gasteiger partial charge in [-0.3, -0.25) is 15.1 Å². The molecule has 3 N–H and O–H groups in total. The Balaban J connectivity index is 0.00000338. The molecule has 11 heteroatoms. The van der Waals surface area contributed by atoms with Gasteiger partial charge in [-0.1, -0.05) is 6.07 Å². The van der Waals surface area contributed by atoms with Crippen molar-refractivity contribution in [2.75, 3.05) is 26.2 Å². The van der Waals surface area contributed by atoms with E-state index >= 15 is 0 Å². The van der Waals surface area contributed by atoms with E-state index in [-0.39, 0.29) is 41.1 Å². The summed E-state index contributed by atoms with van der Waals surface area (Å²) >= 11 is 0. The number of hydrogen-bond acceptors (Lipinski definition) is 5. The second kappa shape index (κ2) is 10.6. The predicted octanol–water partition coefficient (Wildman–Crippen LogP) is 1.46. The minimum atomic E-state index is -3.80. The lowest BCUT2D eigenvalue weighted by atomic mass is 10.3. The second-order valence-corrected chi connectivity index (χ2v) is 7.51. The smallest absolute Gasteiger partial charge is 0.270 e. The molecular formula is C15H24IN5O4S. The summed E-state index contributed by atoms with van der Waals surface area (Å²) in [5.74, 6) is 1.33. The Labute approximate surface area is 170 Å². The summed E-state index contributed by atoms with van der Waals surface area (Å²) in [6.07, 6.45) is 2.43. The molecule has 1 aliphatic rings. The maximum Gasteiger partial charge on any atom is 0.270 e. The van der Waals surface area contributed by atoms with Crippen molar-refractivity contribution in [3.05, 3.63) is 34.4 Å². The Morgan fingerprint density at radius 2 is 2.04 bits per heavy atom. The van der Waals surface area contributed by atoms with Crippen molar-refractivity contribution >= 4 is 45.6 Å². The molecule has 1 saturated carbocycles. The van der Waals surface area contributed by atoms with Gasteiger partial charge in [-0.2, -0.15) is 0 Å². The Morgan fingerprint density at radius 1 is 1.31 bits per heavy atom. The lowest BCUT2D eigenvalue weighted by molar-refractivity contribution is -0.385. The molecule has 1 aromatic carbocycles. The Hall–Kier alpha value is -1.47. The number of nitrogens with one attached hydrogen (secondary N) is 3. The van der Waals surface area contributed by atoms with Gasteiger partial charge in [-0.05, 0) is 31.7 Å². The minimum Gasteiger partial charge on any atom is -0.357 e. The van der Waals surface area contributed by atoms with Gasteiger partial charge >= 0.3 is 0 Å². The normalized spacial score (nSPS) is 14.4. The fourth-order valence-corrected chi connectivity index (χ4v) is 3.15. The molecule has 0 amide bonds. The summed E-state index contributed by atoms with van der Waals surface area (Å²) in [6, 6.07) is 4.96. The van der Waals surface area contributed by atoms with Crippen LogP contribution in [0.1, 0.15) is 19.8 Å². The molecule has 1 aromatic rings. The maximum absolute atomic E-state index is 12.2. The van der Waals surface area contributed by atoms with Gasteiger partial charge in [0.2, 0.25) is 10.0 Å². The van der Waals surface area contributed by atoms with Crippen molar-refractivity contribution in [1.82, 2.24) is 15.4 Å². The van der Waals surface area contributed by atoms with Gasteiger partial charge in [-0.15, -0.1) is 24.0 Å². The van der Waals surface area contributed by atoms with Crippen LogP contribution in [0.3, 0.4) is 0 Å². The van der Waals surface area contributed by atoms with Gasteiger partial charge in [0.1, 0.15) is 0 Å².